The molecule has 158 valence electrons. The number of aryl methyl sites for hydroxylation is 2. The van der Waals surface area contributed by atoms with Crippen LogP contribution in [0.1, 0.15) is 42.3 Å². The van der Waals surface area contributed by atoms with Crippen LogP contribution in [0.5, 0.6) is 0 Å². The standard InChI is InChI=1S/C27H28N2O2/c1-6-28-23-14-25-21(12-16(23)3)27(20-11-9-8-10-19(20)18(5)30)22-13-17(4)24(29-7-2)15-26(22)31-25/h8-15,28H,6-7H2,1-5H3/b29-24+. The summed E-state index contributed by atoms with van der Waals surface area (Å²) in [5.74, 6) is 0.818. The highest BCUT2D eigenvalue weighted by atomic mass is 16.3. The Labute approximate surface area is 183 Å². The van der Waals surface area contributed by atoms with Crippen molar-refractivity contribution in [1.29, 1.82) is 0 Å². The van der Waals surface area contributed by atoms with E-state index in [1.165, 1.54) is 0 Å². The molecule has 0 fully saturated rings. The smallest absolute Gasteiger partial charge is 0.160 e. The third-order valence-electron chi connectivity index (χ3n) is 5.65. The van der Waals surface area contributed by atoms with E-state index in [0.717, 1.165) is 62.1 Å². The summed E-state index contributed by atoms with van der Waals surface area (Å²) in [6.07, 6.45) is 0. The maximum atomic E-state index is 12.5. The average Bonchev–Trinajstić information content (AvgIpc) is 2.74. The van der Waals surface area contributed by atoms with Crippen molar-refractivity contribution >= 4 is 22.4 Å². The van der Waals surface area contributed by atoms with E-state index in [0.29, 0.717) is 12.1 Å². The quantitative estimate of drug-likeness (QED) is 0.306. The Morgan fingerprint density at radius 2 is 1.77 bits per heavy atom. The number of benzene rings is 3. The lowest BCUT2D eigenvalue weighted by molar-refractivity contribution is 0.101. The highest BCUT2D eigenvalue weighted by Gasteiger charge is 2.21. The minimum atomic E-state index is 0.0491. The van der Waals surface area contributed by atoms with Gasteiger partial charge in [-0.1, -0.05) is 24.3 Å². The van der Waals surface area contributed by atoms with Crippen molar-refractivity contribution < 1.29 is 9.21 Å². The highest BCUT2D eigenvalue weighted by molar-refractivity contribution is 6.09. The van der Waals surface area contributed by atoms with E-state index >= 15 is 0 Å². The zero-order valence-corrected chi connectivity index (χ0v) is 18.8. The summed E-state index contributed by atoms with van der Waals surface area (Å²) >= 11 is 0. The fourth-order valence-corrected chi connectivity index (χ4v) is 4.21. The van der Waals surface area contributed by atoms with Gasteiger partial charge < -0.3 is 9.73 Å². The van der Waals surface area contributed by atoms with E-state index in [4.69, 9.17) is 4.42 Å². The number of Topliss-reactive ketones (excluding diaryl/α,β-unsaturated/α-hetero) is 1. The monoisotopic (exact) mass is 412 g/mol. The zero-order chi connectivity index (χ0) is 22.1. The molecule has 0 saturated carbocycles. The Balaban J connectivity index is 2.20. The molecule has 0 saturated heterocycles. The fourth-order valence-electron chi connectivity index (χ4n) is 4.21. The van der Waals surface area contributed by atoms with Crippen molar-refractivity contribution in [2.75, 3.05) is 18.4 Å². The summed E-state index contributed by atoms with van der Waals surface area (Å²) in [6, 6.07) is 16.2. The molecular formula is C27H28N2O2. The van der Waals surface area contributed by atoms with Gasteiger partial charge >= 0.3 is 0 Å². The van der Waals surface area contributed by atoms with Crippen LogP contribution in [0.3, 0.4) is 0 Å². The van der Waals surface area contributed by atoms with E-state index < -0.39 is 0 Å². The largest absolute Gasteiger partial charge is 0.456 e. The minimum Gasteiger partial charge on any atom is -0.456 e. The lowest BCUT2D eigenvalue weighted by atomic mass is 9.88. The van der Waals surface area contributed by atoms with Crippen molar-refractivity contribution in [2.45, 2.75) is 34.6 Å². The summed E-state index contributed by atoms with van der Waals surface area (Å²) in [5, 5.41) is 5.35. The predicted octanol–water partition coefficient (Wildman–Crippen LogP) is 6.38. The van der Waals surface area contributed by atoms with Gasteiger partial charge in [0, 0.05) is 53.0 Å². The van der Waals surface area contributed by atoms with Crippen molar-refractivity contribution in [3.05, 3.63) is 70.6 Å². The molecule has 0 bridgehead atoms. The third-order valence-corrected chi connectivity index (χ3v) is 5.65. The first-order valence-electron chi connectivity index (χ1n) is 10.8. The summed E-state index contributed by atoms with van der Waals surface area (Å²) in [7, 11) is 0. The molecule has 0 unspecified atom stereocenters. The number of carbonyl (C=O) groups is 1. The van der Waals surface area contributed by atoms with Gasteiger partial charge in [-0.2, -0.15) is 0 Å². The van der Waals surface area contributed by atoms with Gasteiger partial charge in [0.05, 0.1) is 5.36 Å². The van der Waals surface area contributed by atoms with E-state index in [-0.39, 0.29) is 5.78 Å². The van der Waals surface area contributed by atoms with Crippen LogP contribution in [0.2, 0.25) is 0 Å². The third kappa shape index (κ3) is 3.74. The minimum absolute atomic E-state index is 0.0491. The van der Waals surface area contributed by atoms with Crippen LogP contribution >= 0.6 is 0 Å². The number of rotatable bonds is 5. The van der Waals surface area contributed by atoms with E-state index in [1.807, 2.05) is 37.3 Å². The predicted molar refractivity (Wildman–Crippen MR) is 128 cm³/mol. The second-order valence-corrected chi connectivity index (χ2v) is 7.88. The topological polar surface area (TPSA) is 54.6 Å². The molecule has 4 heteroatoms. The Morgan fingerprint density at radius 3 is 2.48 bits per heavy atom. The van der Waals surface area contributed by atoms with Gasteiger partial charge in [-0.15, -0.1) is 0 Å². The number of hydrogen-bond donors (Lipinski definition) is 1. The summed E-state index contributed by atoms with van der Waals surface area (Å²) in [5.41, 5.74) is 7.72. The average molecular weight is 413 g/mol. The number of anilines is 1. The van der Waals surface area contributed by atoms with Crippen LogP contribution < -0.4 is 10.7 Å². The number of hydrogen-bond acceptors (Lipinski definition) is 4. The van der Waals surface area contributed by atoms with Crippen LogP contribution in [0, 0.1) is 13.8 Å². The zero-order valence-electron chi connectivity index (χ0n) is 18.8. The van der Waals surface area contributed by atoms with Gasteiger partial charge in [-0.3, -0.25) is 9.79 Å². The second-order valence-electron chi connectivity index (χ2n) is 7.88. The molecule has 2 aliphatic rings. The van der Waals surface area contributed by atoms with Crippen LogP contribution in [0.25, 0.3) is 33.4 Å². The summed E-state index contributed by atoms with van der Waals surface area (Å²) < 4.78 is 6.41. The molecule has 31 heavy (non-hydrogen) atoms. The van der Waals surface area contributed by atoms with Crippen LogP contribution in [-0.4, -0.2) is 18.9 Å². The lowest BCUT2D eigenvalue weighted by Crippen LogP contribution is -2.09. The number of carbonyl (C=O) groups excluding carboxylic acids is 1. The van der Waals surface area contributed by atoms with Gasteiger partial charge in [0.15, 0.2) is 5.78 Å². The Hall–Kier alpha value is -3.40. The van der Waals surface area contributed by atoms with Gasteiger partial charge in [-0.05, 0) is 63.4 Å². The summed E-state index contributed by atoms with van der Waals surface area (Å²) in [6.45, 7) is 11.4. The first kappa shape index (κ1) is 20.9. The van der Waals surface area contributed by atoms with Gasteiger partial charge in [0.1, 0.15) is 11.3 Å². The summed E-state index contributed by atoms with van der Waals surface area (Å²) in [4.78, 5) is 17.1. The Bertz CT molecular complexity index is 1330. The molecule has 1 heterocycles. The molecule has 4 rings (SSSR count). The Kier molecular flexibility index (Phi) is 5.64. The number of nitrogens with one attached hydrogen (secondary N) is 1. The SMILES string of the molecule is CC/N=c1\cc2oc3cc(NCC)c(C)cc3c(-c3ccccc3C(C)=O)c-2cc1C. The second kappa shape index (κ2) is 8.38. The normalized spacial score (nSPS) is 12.0. The van der Waals surface area contributed by atoms with Crippen molar-refractivity contribution in [2.24, 2.45) is 4.99 Å². The Morgan fingerprint density at radius 1 is 1.00 bits per heavy atom. The van der Waals surface area contributed by atoms with Gasteiger partial charge in [0.2, 0.25) is 0 Å². The molecule has 0 aromatic heterocycles. The molecule has 4 nitrogen and oxygen atoms in total. The number of nitrogens with zero attached hydrogens (tertiary/aromatic N) is 1. The van der Waals surface area contributed by atoms with E-state index in [2.05, 4.69) is 49.3 Å². The molecule has 0 amide bonds. The highest BCUT2D eigenvalue weighted by Crippen LogP contribution is 2.42. The molecular weight excluding hydrogens is 384 g/mol. The number of fused-ring (bicyclic) bond motifs is 2. The molecule has 1 aliphatic carbocycles. The van der Waals surface area contributed by atoms with E-state index in [1.54, 1.807) is 6.92 Å². The van der Waals surface area contributed by atoms with Crippen LogP contribution in [0.15, 0.2) is 57.9 Å². The molecule has 0 radical (unpaired) electrons. The first-order valence-corrected chi connectivity index (χ1v) is 10.8. The van der Waals surface area contributed by atoms with Crippen molar-refractivity contribution in [3.8, 4) is 22.5 Å². The van der Waals surface area contributed by atoms with Gasteiger partial charge in [-0.25, -0.2) is 0 Å². The lowest BCUT2D eigenvalue weighted by Gasteiger charge is -2.19. The molecule has 2 aromatic carbocycles. The number of ketones is 1. The molecule has 0 spiro atoms. The molecule has 1 N–H and O–H groups in total. The van der Waals surface area contributed by atoms with Crippen molar-refractivity contribution in [1.82, 2.24) is 0 Å². The van der Waals surface area contributed by atoms with Crippen LogP contribution in [-0.2, 0) is 0 Å². The molecule has 0 atom stereocenters. The maximum Gasteiger partial charge on any atom is 0.160 e. The van der Waals surface area contributed by atoms with Crippen LogP contribution in [0.4, 0.5) is 5.69 Å². The fraction of sp³-hybridized carbons (Fsp3) is 0.259. The van der Waals surface area contributed by atoms with Gasteiger partial charge in [0.25, 0.3) is 0 Å². The maximum absolute atomic E-state index is 12.5. The van der Waals surface area contributed by atoms with Crippen molar-refractivity contribution in [3.63, 3.8) is 0 Å². The molecule has 1 aliphatic heterocycles. The van der Waals surface area contributed by atoms with E-state index in [9.17, 15) is 4.79 Å². The first-order chi connectivity index (χ1) is 14.9. The molecule has 2 aromatic rings.